The summed E-state index contributed by atoms with van der Waals surface area (Å²) >= 11 is 0. The first kappa shape index (κ1) is 20.2. The zero-order chi connectivity index (χ0) is 17.6. The number of carbonyl (C=O) groups is 1. The number of nitrogens with one attached hydrogen (secondary N) is 1. The number of aryl methyl sites for hydroxylation is 1. The van der Waals surface area contributed by atoms with Crippen molar-refractivity contribution in [3.8, 4) is 17.1 Å². The predicted octanol–water partition coefficient (Wildman–Crippen LogP) is 2.34. The fourth-order valence-electron chi connectivity index (χ4n) is 2.63. The zero-order valence-corrected chi connectivity index (χ0v) is 15.6. The molecule has 1 amide bonds. The van der Waals surface area contributed by atoms with E-state index in [-0.39, 0.29) is 24.4 Å². The molecular weight excluding hydrogens is 356 g/mol. The average Bonchev–Trinajstić information content (AvgIpc) is 3.39. The topological polar surface area (TPSA) is 103 Å². The summed E-state index contributed by atoms with van der Waals surface area (Å²) in [6.07, 6.45) is 4.03. The second kappa shape index (κ2) is 9.54. The molecule has 0 spiro atoms. The van der Waals surface area contributed by atoms with Crippen molar-refractivity contribution >= 4 is 18.3 Å². The monoisotopic (exact) mass is 380 g/mol. The minimum atomic E-state index is 0. The fourth-order valence-corrected chi connectivity index (χ4v) is 2.63. The summed E-state index contributed by atoms with van der Waals surface area (Å²) in [7, 11) is 1.62. The van der Waals surface area contributed by atoms with Gasteiger partial charge in [0.25, 0.3) is 0 Å². The molecule has 1 aromatic heterocycles. The van der Waals surface area contributed by atoms with E-state index in [1.54, 1.807) is 7.11 Å². The predicted molar refractivity (Wildman–Crippen MR) is 100 cm³/mol. The molecule has 1 saturated carbocycles. The molecule has 7 nitrogen and oxygen atoms in total. The molecule has 0 radical (unpaired) electrons. The lowest BCUT2D eigenvalue weighted by atomic mass is 10.2. The number of ether oxygens (including phenoxy) is 1. The van der Waals surface area contributed by atoms with Gasteiger partial charge in [0.1, 0.15) is 5.75 Å². The normalized spacial score (nSPS) is 14.4. The first-order valence-electron chi connectivity index (χ1n) is 8.65. The van der Waals surface area contributed by atoms with Gasteiger partial charge >= 0.3 is 0 Å². The zero-order valence-electron chi connectivity index (χ0n) is 14.8. The molecule has 1 aromatic carbocycles. The lowest BCUT2D eigenvalue weighted by Gasteiger charge is -2.11. The highest BCUT2D eigenvalue weighted by molar-refractivity contribution is 5.85. The van der Waals surface area contributed by atoms with E-state index in [2.05, 4.69) is 15.5 Å². The van der Waals surface area contributed by atoms with E-state index < -0.39 is 0 Å². The lowest BCUT2D eigenvalue weighted by molar-refractivity contribution is -0.121. The highest BCUT2D eigenvalue weighted by Crippen LogP contribution is 2.31. The first-order valence-corrected chi connectivity index (χ1v) is 8.65. The number of amides is 1. The van der Waals surface area contributed by atoms with Gasteiger partial charge in [-0.1, -0.05) is 5.16 Å². The fraction of sp³-hybridized carbons (Fsp3) is 0.500. The molecule has 0 aliphatic heterocycles. The Labute approximate surface area is 159 Å². The summed E-state index contributed by atoms with van der Waals surface area (Å²) in [5.74, 6) is 2.46. The molecular formula is C18H25ClN4O3. The second-order valence-corrected chi connectivity index (χ2v) is 6.40. The molecule has 1 unspecified atom stereocenters. The van der Waals surface area contributed by atoms with Crippen molar-refractivity contribution in [1.82, 2.24) is 15.5 Å². The molecule has 142 valence electrons. The van der Waals surface area contributed by atoms with Gasteiger partial charge in [-0.15, -0.1) is 12.4 Å². The quantitative estimate of drug-likeness (QED) is 0.692. The molecule has 26 heavy (non-hydrogen) atoms. The van der Waals surface area contributed by atoms with Gasteiger partial charge in [0.2, 0.25) is 17.6 Å². The standard InChI is InChI=1S/C18H24N4O3.ClH/c1-24-14-9-7-13(8-10-14)18-21-17(25-22-18)4-2-3-16(23)20-11-15(19)12-5-6-12;/h7-10,12,15H,2-6,11,19H2,1H3,(H,20,23);1H. The highest BCUT2D eigenvalue weighted by atomic mass is 35.5. The van der Waals surface area contributed by atoms with Crippen LogP contribution in [-0.2, 0) is 11.2 Å². The van der Waals surface area contributed by atoms with Crippen molar-refractivity contribution in [3.63, 3.8) is 0 Å². The summed E-state index contributed by atoms with van der Waals surface area (Å²) in [5, 5.41) is 6.87. The maximum absolute atomic E-state index is 11.8. The van der Waals surface area contributed by atoms with Crippen molar-refractivity contribution in [2.45, 2.75) is 38.1 Å². The largest absolute Gasteiger partial charge is 0.497 e. The van der Waals surface area contributed by atoms with E-state index in [1.807, 2.05) is 24.3 Å². The Hall–Kier alpha value is -2.12. The molecule has 8 heteroatoms. The van der Waals surface area contributed by atoms with Gasteiger partial charge in [-0.05, 0) is 49.4 Å². The van der Waals surface area contributed by atoms with Crippen LogP contribution >= 0.6 is 12.4 Å². The smallest absolute Gasteiger partial charge is 0.226 e. The van der Waals surface area contributed by atoms with Crippen LogP contribution in [0.4, 0.5) is 0 Å². The van der Waals surface area contributed by atoms with E-state index in [1.165, 1.54) is 12.8 Å². The van der Waals surface area contributed by atoms with Gasteiger partial charge < -0.3 is 20.3 Å². The van der Waals surface area contributed by atoms with Gasteiger partial charge in [-0.3, -0.25) is 4.79 Å². The molecule has 3 N–H and O–H groups in total. The number of benzene rings is 1. The van der Waals surface area contributed by atoms with E-state index in [0.29, 0.717) is 43.4 Å². The Morgan fingerprint density at radius 3 is 2.77 bits per heavy atom. The minimum absolute atomic E-state index is 0. The summed E-state index contributed by atoms with van der Waals surface area (Å²) in [5.41, 5.74) is 6.83. The number of carbonyl (C=O) groups excluding carboxylic acids is 1. The van der Waals surface area contributed by atoms with Gasteiger partial charge in [0.15, 0.2) is 0 Å². The average molecular weight is 381 g/mol. The Bertz CT molecular complexity index is 701. The summed E-state index contributed by atoms with van der Waals surface area (Å²) in [6.45, 7) is 0.561. The van der Waals surface area contributed by atoms with Gasteiger partial charge in [-0.2, -0.15) is 4.98 Å². The minimum Gasteiger partial charge on any atom is -0.497 e. The number of halogens is 1. The number of methoxy groups -OCH3 is 1. The van der Waals surface area contributed by atoms with Crippen LogP contribution in [0.2, 0.25) is 0 Å². The maximum atomic E-state index is 11.8. The van der Waals surface area contributed by atoms with Crippen LogP contribution < -0.4 is 15.8 Å². The summed E-state index contributed by atoms with van der Waals surface area (Å²) in [4.78, 5) is 16.2. The van der Waals surface area contributed by atoms with Crippen molar-refractivity contribution in [1.29, 1.82) is 0 Å². The Kier molecular flexibility index (Phi) is 7.41. The molecule has 1 fully saturated rings. The lowest BCUT2D eigenvalue weighted by Crippen LogP contribution is -2.38. The van der Waals surface area contributed by atoms with Crippen molar-refractivity contribution in [2.75, 3.05) is 13.7 Å². The number of rotatable bonds is 9. The molecule has 3 rings (SSSR count). The van der Waals surface area contributed by atoms with Crippen LogP contribution in [0.3, 0.4) is 0 Å². The molecule has 0 saturated heterocycles. The van der Waals surface area contributed by atoms with Crippen LogP contribution in [0.15, 0.2) is 28.8 Å². The van der Waals surface area contributed by atoms with Gasteiger partial charge in [0.05, 0.1) is 7.11 Å². The molecule has 0 bridgehead atoms. The molecule has 1 heterocycles. The molecule has 1 aliphatic rings. The second-order valence-electron chi connectivity index (χ2n) is 6.40. The number of nitrogens with two attached hydrogens (primary N) is 1. The number of hydrogen-bond donors (Lipinski definition) is 2. The number of nitrogens with zero attached hydrogens (tertiary/aromatic N) is 2. The van der Waals surface area contributed by atoms with Crippen LogP contribution in [0.5, 0.6) is 5.75 Å². The highest BCUT2D eigenvalue weighted by Gasteiger charge is 2.28. The Balaban J connectivity index is 0.00000243. The Morgan fingerprint density at radius 1 is 1.38 bits per heavy atom. The van der Waals surface area contributed by atoms with Gasteiger partial charge in [-0.25, -0.2) is 0 Å². The first-order chi connectivity index (χ1) is 12.2. The Morgan fingerprint density at radius 2 is 2.12 bits per heavy atom. The van der Waals surface area contributed by atoms with E-state index in [0.717, 1.165) is 11.3 Å². The van der Waals surface area contributed by atoms with E-state index in [4.69, 9.17) is 15.0 Å². The summed E-state index contributed by atoms with van der Waals surface area (Å²) < 4.78 is 10.4. The van der Waals surface area contributed by atoms with Crippen molar-refractivity contribution in [2.24, 2.45) is 11.7 Å². The maximum Gasteiger partial charge on any atom is 0.226 e. The number of hydrogen-bond acceptors (Lipinski definition) is 6. The SMILES string of the molecule is COc1ccc(-c2noc(CCCC(=O)NCC(N)C3CC3)n2)cc1.Cl. The van der Waals surface area contributed by atoms with E-state index >= 15 is 0 Å². The van der Waals surface area contributed by atoms with Crippen LogP contribution in [-0.4, -0.2) is 35.7 Å². The van der Waals surface area contributed by atoms with Gasteiger partial charge in [0, 0.05) is 31.0 Å². The third kappa shape index (κ3) is 5.71. The van der Waals surface area contributed by atoms with Crippen LogP contribution in [0.25, 0.3) is 11.4 Å². The third-order valence-electron chi connectivity index (χ3n) is 4.37. The molecule has 1 atom stereocenters. The van der Waals surface area contributed by atoms with Crippen LogP contribution in [0.1, 0.15) is 31.6 Å². The van der Waals surface area contributed by atoms with Crippen molar-refractivity contribution in [3.05, 3.63) is 30.2 Å². The third-order valence-corrected chi connectivity index (χ3v) is 4.37. The van der Waals surface area contributed by atoms with Crippen LogP contribution in [0, 0.1) is 5.92 Å². The van der Waals surface area contributed by atoms with Crippen molar-refractivity contribution < 1.29 is 14.1 Å². The van der Waals surface area contributed by atoms with E-state index in [9.17, 15) is 4.79 Å². The summed E-state index contributed by atoms with van der Waals surface area (Å²) in [6, 6.07) is 7.55. The molecule has 2 aromatic rings. The molecule has 1 aliphatic carbocycles. The number of aromatic nitrogens is 2.